The van der Waals surface area contributed by atoms with Gasteiger partial charge in [0.25, 0.3) is 5.91 Å². The lowest BCUT2D eigenvalue weighted by atomic mass is 9.89. The van der Waals surface area contributed by atoms with Gasteiger partial charge in [-0.15, -0.1) is 11.3 Å². The van der Waals surface area contributed by atoms with Gasteiger partial charge in [0.15, 0.2) is 16.6 Å². The summed E-state index contributed by atoms with van der Waals surface area (Å²) in [6.07, 6.45) is 2.96. The zero-order valence-corrected chi connectivity index (χ0v) is 17.6. The van der Waals surface area contributed by atoms with Crippen molar-refractivity contribution >= 4 is 39.6 Å². The molecule has 0 radical (unpaired) electrons. The summed E-state index contributed by atoms with van der Waals surface area (Å²) >= 11 is 6.84. The van der Waals surface area contributed by atoms with Crippen molar-refractivity contribution in [3.8, 4) is 17.6 Å². The molecule has 3 rings (SSSR count). The van der Waals surface area contributed by atoms with E-state index in [4.69, 9.17) is 21.7 Å². The molecule has 1 aliphatic carbocycles. The highest BCUT2D eigenvalue weighted by Crippen LogP contribution is 2.39. The number of anilines is 1. The molecule has 2 N–H and O–H groups in total. The summed E-state index contributed by atoms with van der Waals surface area (Å²) in [5.41, 5.74) is 2.14. The topological polar surface area (TPSA) is 83.4 Å². The van der Waals surface area contributed by atoms with Gasteiger partial charge in [0.1, 0.15) is 11.1 Å². The second-order valence-corrected chi connectivity index (χ2v) is 8.16. The SMILES string of the molecule is COc1ccc(C(=O)NC(=S)Nc2sc3c(c2C#N)CC[C@@H](C)C3)cc1OC. The summed E-state index contributed by atoms with van der Waals surface area (Å²) in [6, 6.07) is 7.16. The van der Waals surface area contributed by atoms with E-state index in [1.807, 2.05) is 0 Å². The minimum Gasteiger partial charge on any atom is -0.493 e. The molecule has 0 bridgehead atoms. The number of thiocarbonyl (C=S) groups is 1. The molecule has 0 fully saturated rings. The lowest BCUT2D eigenvalue weighted by molar-refractivity contribution is 0.0977. The van der Waals surface area contributed by atoms with Gasteiger partial charge in [0.2, 0.25) is 0 Å². The monoisotopic (exact) mass is 415 g/mol. The molecule has 0 spiro atoms. The first kappa shape index (κ1) is 20.1. The standard InChI is InChI=1S/C20H21N3O3S2/c1-11-4-6-13-14(10-21)19(28-17(13)8-11)23-20(27)22-18(24)12-5-7-15(25-2)16(9-12)26-3/h5,7,9,11H,4,6,8H2,1-3H3,(H2,22,23,24,27)/t11-/m1/s1. The van der Waals surface area contributed by atoms with Crippen molar-refractivity contribution in [1.82, 2.24) is 5.32 Å². The fraction of sp³-hybridized carbons (Fsp3) is 0.350. The first-order valence-electron chi connectivity index (χ1n) is 8.85. The second kappa shape index (κ2) is 8.59. The highest BCUT2D eigenvalue weighted by Gasteiger charge is 2.24. The molecular weight excluding hydrogens is 394 g/mol. The van der Waals surface area contributed by atoms with Gasteiger partial charge in [0.05, 0.1) is 19.8 Å². The Morgan fingerprint density at radius 3 is 2.75 bits per heavy atom. The first-order valence-corrected chi connectivity index (χ1v) is 10.1. The molecule has 0 saturated carbocycles. The van der Waals surface area contributed by atoms with Gasteiger partial charge >= 0.3 is 0 Å². The summed E-state index contributed by atoms with van der Waals surface area (Å²) in [6.45, 7) is 2.22. The van der Waals surface area contributed by atoms with Crippen molar-refractivity contribution < 1.29 is 14.3 Å². The number of rotatable bonds is 4. The second-order valence-electron chi connectivity index (χ2n) is 6.65. The molecule has 146 valence electrons. The van der Waals surface area contributed by atoms with Crippen molar-refractivity contribution in [1.29, 1.82) is 5.26 Å². The highest BCUT2D eigenvalue weighted by atomic mass is 32.1. The number of nitrogens with zero attached hydrogens (tertiary/aromatic N) is 1. The van der Waals surface area contributed by atoms with Crippen LogP contribution in [-0.2, 0) is 12.8 Å². The number of amides is 1. The molecule has 0 saturated heterocycles. The molecular formula is C20H21N3O3S2. The predicted molar refractivity (Wildman–Crippen MR) is 113 cm³/mol. The van der Waals surface area contributed by atoms with Crippen LogP contribution in [0, 0.1) is 17.2 Å². The van der Waals surface area contributed by atoms with E-state index in [1.165, 1.54) is 19.1 Å². The number of carbonyl (C=O) groups excluding carboxylic acids is 1. The number of thiophene rings is 1. The number of ether oxygens (including phenoxy) is 2. The number of nitriles is 1. The summed E-state index contributed by atoms with van der Waals surface area (Å²) < 4.78 is 10.4. The quantitative estimate of drug-likeness (QED) is 0.737. The van der Waals surface area contributed by atoms with Crippen LogP contribution in [0.15, 0.2) is 18.2 Å². The molecule has 0 aliphatic heterocycles. The van der Waals surface area contributed by atoms with Gasteiger partial charge in [-0.2, -0.15) is 5.26 Å². The largest absolute Gasteiger partial charge is 0.493 e. The molecule has 1 atom stereocenters. The number of nitrogens with one attached hydrogen (secondary N) is 2. The smallest absolute Gasteiger partial charge is 0.257 e. The summed E-state index contributed by atoms with van der Waals surface area (Å²) in [4.78, 5) is 13.7. The molecule has 6 nitrogen and oxygen atoms in total. The van der Waals surface area contributed by atoms with E-state index >= 15 is 0 Å². The highest BCUT2D eigenvalue weighted by molar-refractivity contribution is 7.80. The summed E-state index contributed by atoms with van der Waals surface area (Å²) in [5, 5.41) is 16.1. The molecule has 2 aromatic rings. The van der Waals surface area contributed by atoms with Gasteiger partial charge in [-0.3, -0.25) is 10.1 Å². The molecule has 1 heterocycles. The van der Waals surface area contributed by atoms with Crippen LogP contribution >= 0.6 is 23.6 Å². The van der Waals surface area contributed by atoms with Crippen LogP contribution in [0.5, 0.6) is 11.5 Å². The summed E-state index contributed by atoms with van der Waals surface area (Å²) in [5.74, 6) is 1.24. The van der Waals surface area contributed by atoms with E-state index < -0.39 is 0 Å². The molecule has 0 unspecified atom stereocenters. The Morgan fingerprint density at radius 1 is 1.32 bits per heavy atom. The minimum absolute atomic E-state index is 0.155. The van der Waals surface area contributed by atoms with E-state index in [9.17, 15) is 10.1 Å². The maximum absolute atomic E-state index is 12.5. The molecule has 8 heteroatoms. The average Bonchev–Trinajstić information content (AvgIpc) is 3.02. The van der Waals surface area contributed by atoms with Crippen molar-refractivity contribution in [3.63, 3.8) is 0 Å². The van der Waals surface area contributed by atoms with Crippen molar-refractivity contribution in [2.24, 2.45) is 5.92 Å². The van der Waals surface area contributed by atoms with Crippen LogP contribution in [0.25, 0.3) is 0 Å². The minimum atomic E-state index is -0.369. The Balaban J connectivity index is 1.73. The third kappa shape index (κ3) is 4.11. The van der Waals surface area contributed by atoms with Crippen LogP contribution < -0.4 is 20.1 Å². The third-order valence-electron chi connectivity index (χ3n) is 4.72. The van der Waals surface area contributed by atoms with Crippen LogP contribution in [0.3, 0.4) is 0 Å². The average molecular weight is 416 g/mol. The zero-order valence-electron chi connectivity index (χ0n) is 15.9. The molecule has 1 aromatic heterocycles. The Kier molecular flexibility index (Phi) is 6.17. The van der Waals surface area contributed by atoms with Crippen molar-refractivity contribution in [3.05, 3.63) is 39.8 Å². The fourth-order valence-electron chi connectivity index (χ4n) is 3.24. The zero-order chi connectivity index (χ0) is 20.3. The van der Waals surface area contributed by atoms with E-state index in [0.29, 0.717) is 33.5 Å². The van der Waals surface area contributed by atoms with Crippen molar-refractivity contribution in [2.45, 2.75) is 26.2 Å². The molecule has 28 heavy (non-hydrogen) atoms. The Hall–Kier alpha value is -2.63. The lowest BCUT2D eigenvalue weighted by Crippen LogP contribution is -2.34. The van der Waals surface area contributed by atoms with Crippen LogP contribution in [0.4, 0.5) is 5.00 Å². The number of carbonyl (C=O) groups is 1. The number of hydrogen-bond acceptors (Lipinski definition) is 6. The molecule has 1 amide bonds. The normalized spacial score (nSPS) is 15.1. The Morgan fingerprint density at radius 2 is 2.07 bits per heavy atom. The molecule has 1 aliphatic rings. The maximum Gasteiger partial charge on any atom is 0.257 e. The number of fused-ring (bicyclic) bond motifs is 1. The van der Waals surface area contributed by atoms with Crippen LogP contribution in [0.2, 0.25) is 0 Å². The lowest BCUT2D eigenvalue weighted by Gasteiger charge is -2.17. The van der Waals surface area contributed by atoms with Crippen molar-refractivity contribution in [2.75, 3.05) is 19.5 Å². The van der Waals surface area contributed by atoms with Gasteiger partial charge in [-0.05, 0) is 61.2 Å². The number of hydrogen-bond donors (Lipinski definition) is 2. The van der Waals surface area contributed by atoms with E-state index in [0.717, 1.165) is 24.8 Å². The molecule has 1 aromatic carbocycles. The van der Waals surface area contributed by atoms with E-state index in [-0.39, 0.29) is 11.0 Å². The number of methoxy groups -OCH3 is 2. The first-order chi connectivity index (χ1) is 13.5. The summed E-state index contributed by atoms with van der Waals surface area (Å²) in [7, 11) is 3.04. The Labute approximate surface area is 173 Å². The van der Waals surface area contributed by atoms with Crippen LogP contribution in [-0.4, -0.2) is 25.2 Å². The Bertz CT molecular complexity index is 962. The predicted octanol–water partition coefficient (Wildman–Crippen LogP) is 3.89. The van der Waals surface area contributed by atoms with Gasteiger partial charge in [-0.1, -0.05) is 6.92 Å². The third-order valence-corrected chi connectivity index (χ3v) is 6.10. The fourth-order valence-corrected chi connectivity index (χ4v) is 4.87. The van der Waals surface area contributed by atoms with Gasteiger partial charge in [0, 0.05) is 10.4 Å². The maximum atomic E-state index is 12.5. The number of benzene rings is 1. The van der Waals surface area contributed by atoms with Crippen LogP contribution in [0.1, 0.15) is 39.7 Å². The van der Waals surface area contributed by atoms with Gasteiger partial charge in [-0.25, -0.2) is 0 Å². The van der Waals surface area contributed by atoms with Gasteiger partial charge < -0.3 is 14.8 Å². The van der Waals surface area contributed by atoms with E-state index in [2.05, 4.69) is 23.6 Å². The van der Waals surface area contributed by atoms with E-state index in [1.54, 1.807) is 29.5 Å².